The molecular formula is C22H19ClN4O3. The van der Waals surface area contributed by atoms with Crippen molar-refractivity contribution in [2.75, 3.05) is 19.0 Å². The molecule has 152 valence electrons. The third-order valence-corrected chi connectivity index (χ3v) is 4.74. The summed E-state index contributed by atoms with van der Waals surface area (Å²) >= 11 is 5.94. The summed E-state index contributed by atoms with van der Waals surface area (Å²) in [5, 5.41) is 12.5. The van der Waals surface area contributed by atoms with Crippen molar-refractivity contribution in [1.82, 2.24) is 15.0 Å². The van der Waals surface area contributed by atoms with Crippen LogP contribution in [0.3, 0.4) is 0 Å². The van der Waals surface area contributed by atoms with Crippen LogP contribution in [0.5, 0.6) is 11.5 Å². The summed E-state index contributed by atoms with van der Waals surface area (Å²) in [7, 11) is 1.59. The van der Waals surface area contributed by atoms with Crippen LogP contribution in [0.4, 0.5) is 5.69 Å². The first-order chi connectivity index (χ1) is 14.5. The Balaban J connectivity index is 1.47. The van der Waals surface area contributed by atoms with E-state index in [1.54, 1.807) is 54.4 Å². The Kier molecular flexibility index (Phi) is 5.54. The number of fused-ring (bicyclic) bond motifs is 1. The number of halogens is 1. The van der Waals surface area contributed by atoms with Crippen molar-refractivity contribution < 1.29 is 14.3 Å². The van der Waals surface area contributed by atoms with Gasteiger partial charge < -0.3 is 14.8 Å². The van der Waals surface area contributed by atoms with Gasteiger partial charge in [0, 0.05) is 10.7 Å². The van der Waals surface area contributed by atoms with E-state index in [9.17, 15) is 4.79 Å². The van der Waals surface area contributed by atoms with Gasteiger partial charge in [0.1, 0.15) is 22.5 Å². The number of aryl methyl sites for hydroxylation is 1. The minimum Gasteiger partial charge on any atom is -0.497 e. The lowest BCUT2D eigenvalue weighted by Crippen LogP contribution is -2.20. The number of rotatable bonds is 6. The molecule has 0 aliphatic heterocycles. The summed E-state index contributed by atoms with van der Waals surface area (Å²) < 4.78 is 10.6. The molecule has 4 aromatic rings. The second kappa shape index (κ2) is 8.42. The Labute approximate surface area is 178 Å². The molecule has 1 aromatic heterocycles. The zero-order valence-electron chi connectivity index (χ0n) is 16.4. The molecule has 0 atom stereocenters. The first kappa shape index (κ1) is 19.7. The summed E-state index contributed by atoms with van der Waals surface area (Å²) in [5.74, 6) is 1.05. The average Bonchev–Trinajstić information content (AvgIpc) is 3.16. The van der Waals surface area contributed by atoms with Crippen molar-refractivity contribution in [2.24, 2.45) is 0 Å². The standard InChI is InChI=1S/C22H19ClN4O3/c1-14-11-20-21(26-27(25-20)16-5-3-15(23)4-6-16)12-19(14)24-22(28)13-30-18-9-7-17(29-2)8-10-18/h3-12H,13H2,1-2H3,(H,24,28). The van der Waals surface area contributed by atoms with Crippen LogP contribution < -0.4 is 14.8 Å². The molecule has 30 heavy (non-hydrogen) atoms. The molecule has 1 amide bonds. The highest BCUT2D eigenvalue weighted by Gasteiger charge is 2.11. The average molecular weight is 423 g/mol. The molecule has 0 bridgehead atoms. The number of nitrogens with zero attached hydrogens (tertiary/aromatic N) is 3. The van der Waals surface area contributed by atoms with E-state index in [2.05, 4.69) is 15.5 Å². The largest absolute Gasteiger partial charge is 0.497 e. The molecule has 0 unspecified atom stereocenters. The minimum atomic E-state index is -0.265. The van der Waals surface area contributed by atoms with E-state index in [-0.39, 0.29) is 12.5 Å². The van der Waals surface area contributed by atoms with Gasteiger partial charge in [-0.2, -0.15) is 4.80 Å². The lowest BCUT2D eigenvalue weighted by Gasteiger charge is -2.10. The molecule has 0 fully saturated rings. The van der Waals surface area contributed by atoms with Gasteiger partial charge in [-0.25, -0.2) is 0 Å². The normalized spacial score (nSPS) is 10.8. The van der Waals surface area contributed by atoms with Crippen molar-refractivity contribution >= 4 is 34.2 Å². The highest BCUT2D eigenvalue weighted by molar-refractivity contribution is 6.30. The molecule has 0 aliphatic rings. The van der Waals surface area contributed by atoms with Crippen molar-refractivity contribution in [3.05, 3.63) is 71.2 Å². The van der Waals surface area contributed by atoms with E-state index in [1.807, 2.05) is 25.1 Å². The number of anilines is 1. The first-order valence-electron chi connectivity index (χ1n) is 9.22. The van der Waals surface area contributed by atoms with Gasteiger partial charge in [0.05, 0.1) is 12.8 Å². The number of methoxy groups -OCH3 is 1. The monoisotopic (exact) mass is 422 g/mol. The van der Waals surface area contributed by atoms with Gasteiger partial charge in [-0.3, -0.25) is 4.79 Å². The van der Waals surface area contributed by atoms with Gasteiger partial charge in [0.25, 0.3) is 5.91 Å². The second-order valence-electron chi connectivity index (χ2n) is 6.63. The summed E-state index contributed by atoms with van der Waals surface area (Å²) in [4.78, 5) is 13.9. The van der Waals surface area contributed by atoms with Gasteiger partial charge in [0.2, 0.25) is 0 Å². The minimum absolute atomic E-state index is 0.110. The molecule has 0 spiro atoms. The van der Waals surface area contributed by atoms with Gasteiger partial charge in [-0.1, -0.05) is 11.6 Å². The number of ether oxygens (including phenoxy) is 2. The van der Waals surface area contributed by atoms with Crippen molar-refractivity contribution in [3.8, 4) is 17.2 Å². The quantitative estimate of drug-likeness (QED) is 0.498. The molecule has 1 heterocycles. The number of amides is 1. The summed E-state index contributed by atoms with van der Waals surface area (Å²) in [6.07, 6.45) is 0. The number of hydrogen-bond acceptors (Lipinski definition) is 5. The number of nitrogens with one attached hydrogen (secondary N) is 1. The number of benzene rings is 3. The smallest absolute Gasteiger partial charge is 0.262 e. The number of carbonyl (C=O) groups excluding carboxylic acids is 1. The van der Waals surface area contributed by atoms with Crippen molar-refractivity contribution in [2.45, 2.75) is 6.92 Å². The number of hydrogen-bond donors (Lipinski definition) is 1. The fourth-order valence-electron chi connectivity index (χ4n) is 2.90. The maximum Gasteiger partial charge on any atom is 0.262 e. The van der Waals surface area contributed by atoms with E-state index in [1.165, 1.54) is 0 Å². The summed E-state index contributed by atoms with van der Waals surface area (Å²) in [6, 6.07) is 18.0. The van der Waals surface area contributed by atoms with Crippen LogP contribution in [-0.2, 0) is 4.79 Å². The molecule has 4 rings (SSSR count). The molecule has 0 aliphatic carbocycles. The molecule has 0 radical (unpaired) electrons. The van der Waals surface area contributed by atoms with E-state index in [4.69, 9.17) is 21.1 Å². The van der Waals surface area contributed by atoms with Crippen LogP contribution in [0.15, 0.2) is 60.7 Å². The second-order valence-corrected chi connectivity index (χ2v) is 7.07. The van der Waals surface area contributed by atoms with Crippen LogP contribution in [-0.4, -0.2) is 34.6 Å². The fraction of sp³-hybridized carbons (Fsp3) is 0.136. The van der Waals surface area contributed by atoms with Crippen LogP contribution in [0.2, 0.25) is 5.02 Å². The molecule has 3 aromatic carbocycles. The zero-order valence-corrected chi connectivity index (χ0v) is 17.2. The third kappa shape index (κ3) is 4.36. The Morgan fingerprint density at radius 1 is 1.00 bits per heavy atom. The summed E-state index contributed by atoms with van der Waals surface area (Å²) in [5.41, 5.74) is 3.74. The highest BCUT2D eigenvalue weighted by Crippen LogP contribution is 2.23. The Hall–Kier alpha value is -3.58. The highest BCUT2D eigenvalue weighted by atomic mass is 35.5. The Morgan fingerprint density at radius 2 is 1.63 bits per heavy atom. The molecule has 0 saturated carbocycles. The SMILES string of the molecule is COc1ccc(OCC(=O)Nc2cc3nn(-c4ccc(Cl)cc4)nc3cc2C)cc1. The zero-order chi connectivity index (χ0) is 21.1. The Bertz CT molecular complexity index is 1190. The molecule has 0 saturated heterocycles. The lowest BCUT2D eigenvalue weighted by molar-refractivity contribution is -0.118. The molecular weight excluding hydrogens is 404 g/mol. The Morgan fingerprint density at radius 3 is 2.30 bits per heavy atom. The van der Waals surface area contributed by atoms with Gasteiger partial charge >= 0.3 is 0 Å². The van der Waals surface area contributed by atoms with Crippen LogP contribution in [0.1, 0.15) is 5.56 Å². The van der Waals surface area contributed by atoms with Gasteiger partial charge in [-0.05, 0) is 73.2 Å². The van der Waals surface area contributed by atoms with Crippen LogP contribution >= 0.6 is 11.6 Å². The van der Waals surface area contributed by atoms with E-state index in [0.29, 0.717) is 22.0 Å². The van der Waals surface area contributed by atoms with E-state index >= 15 is 0 Å². The topological polar surface area (TPSA) is 78.3 Å². The molecule has 8 heteroatoms. The number of aromatic nitrogens is 3. The van der Waals surface area contributed by atoms with Crippen LogP contribution in [0, 0.1) is 6.92 Å². The predicted molar refractivity (Wildman–Crippen MR) is 116 cm³/mol. The maximum absolute atomic E-state index is 12.3. The van der Waals surface area contributed by atoms with E-state index < -0.39 is 0 Å². The van der Waals surface area contributed by atoms with Crippen LogP contribution in [0.25, 0.3) is 16.7 Å². The van der Waals surface area contributed by atoms with Crippen molar-refractivity contribution in [3.63, 3.8) is 0 Å². The number of carbonyl (C=O) groups is 1. The van der Waals surface area contributed by atoms with E-state index in [0.717, 1.165) is 22.5 Å². The van der Waals surface area contributed by atoms with Gasteiger partial charge in [0.15, 0.2) is 6.61 Å². The fourth-order valence-corrected chi connectivity index (χ4v) is 3.03. The lowest BCUT2D eigenvalue weighted by atomic mass is 10.1. The molecule has 7 nitrogen and oxygen atoms in total. The van der Waals surface area contributed by atoms with Gasteiger partial charge in [-0.15, -0.1) is 10.2 Å². The first-order valence-corrected chi connectivity index (χ1v) is 9.60. The maximum atomic E-state index is 12.3. The van der Waals surface area contributed by atoms with Crippen molar-refractivity contribution in [1.29, 1.82) is 0 Å². The summed E-state index contributed by atoms with van der Waals surface area (Å²) in [6.45, 7) is 1.79. The predicted octanol–water partition coefficient (Wildman–Crippen LogP) is 4.41. The molecule has 1 N–H and O–H groups in total. The third-order valence-electron chi connectivity index (χ3n) is 4.49.